The minimum absolute atomic E-state index is 0.327. The van der Waals surface area contributed by atoms with Crippen LogP contribution in [0.3, 0.4) is 0 Å². The lowest BCUT2D eigenvalue weighted by Gasteiger charge is -2.16. The molecule has 0 aliphatic heterocycles. The number of carbonyl (C=O) groups is 1. The van der Waals surface area contributed by atoms with Gasteiger partial charge in [0, 0.05) is 10.7 Å². The summed E-state index contributed by atoms with van der Waals surface area (Å²) in [5.41, 5.74) is 0.773. The van der Waals surface area contributed by atoms with E-state index in [2.05, 4.69) is 15.6 Å². The Morgan fingerprint density at radius 3 is 2.62 bits per heavy atom. The predicted octanol–water partition coefficient (Wildman–Crippen LogP) is 3.03. The summed E-state index contributed by atoms with van der Waals surface area (Å²) < 4.78 is 1.13. The SMILES string of the molecule is CCC(C(=O)Nc1ccc(Cl)cc1)n1nnc2ccccc2c1=O. The molecule has 0 saturated carbocycles. The number of hydrogen-bond acceptors (Lipinski definition) is 4. The topological polar surface area (TPSA) is 76.9 Å². The molecule has 24 heavy (non-hydrogen) atoms. The van der Waals surface area contributed by atoms with Gasteiger partial charge in [-0.15, -0.1) is 5.10 Å². The molecule has 3 rings (SSSR count). The van der Waals surface area contributed by atoms with Crippen LogP contribution in [0.5, 0.6) is 0 Å². The molecule has 1 amide bonds. The molecule has 1 unspecified atom stereocenters. The van der Waals surface area contributed by atoms with Gasteiger partial charge in [-0.2, -0.15) is 4.68 Å². The number of benzene rings is 2. The lowest BCUT2D eigenvalue weighted by Crippen LogP contribution is -2.35. The smallest absolute Gasteiger partial charge is 0.278 e. The first kappa shape index (κ1) is 16.1. The Hall–Kier alpha value is -2.73. The van der Waals surface area contributed by atoms with E-state index in [4.69, 9.17) is 11.6 Å². The maximum Gasteiger partial charge on any atom is 0.278 e. The molecule has 6 nitrogen and oxygen atoms in total. The van der Waals surface area contributed by atoms with Crippen molar-refractivity contribution in [2.75, 3.05) is 5.32 Å². The van der Waals surface area contributed by atoms with Crippen molar-refractivity contribution in [3.8, 4) is 0 Å². The fraction of sp³-hybridized carbons (Fsp3) is 0.176. The van der Waals surface area contributed by atoms with Crippen LogP contribution in [0.15, 0.2) is 53.3 Å². The summed E-state index contributed by atoms with van der Waals surface area (Å²) in [4.78, 5) is 25.1. The van der Waals surface area contributed by atoms with E-state index in [9.17, 15) is 9.59 Å². The number of carbonyl (C=O) groups excluding carboxylic acids is 1. The van der Waals surface area contributed by atoms with Gasteiger partial charge < -0.3 is 5.32 Å². The van der Waals surface area contributed by atoms with E-state index in [1.165, 1.54) is 0 Å². The summed E-state index contributed by atoms with van der Waals surface area (Å²) >= 11 is 5.83. The number of hydrogen-bond donors (Lipinski definition) is 1. The van der Waals surface area contributed by atoms with Crippen LogP contribution in [0.1, 0.15) is 19.4 Å². The van der Waals surface area contributed by atoms with Crippen LogP contribution < -0.4 is 10.9 Å². The minimum atomic E-state index is -0.745. The van der Waals surface area contributed by atoms with Gasteiger partial charge >= 0.3 is 0 Å². The molecule has 7 heteroatoms. The molecular weight excluding hydrogens is 328 g/mol. The maximum atomic E-state index is 12.6. The first-order chi connectivity index (χ1) is 11.6. The van der Waals surface area contributed by atoms with Crippen molar-refractivity contribution in [2.24, 2.45) is 0 Å². The van der Waals surface area contributed by atoms with E-state index in [0.717, 1.165) is 4.68 Å². The van der Waals surface area contributed by atoms with E-state index >= 15 is 0 Å². The number of halogens is 1. The Balaban J connectivity index is 1.93. The van der Waals surface area contributed by atoms with Crippen LogP contribution in [0, 0.1) is 0 Å². The van der Waals surface area contributed by atoms with E-state index in [1.54, 1.807) is 48.5 Å². The van der Waals surface area contributed by atoms with Crippen molar-refractivity contribution in [3.63, 3.8) is 0 Å². The summed E-state index contributed by atoms with van der Waals surface area (Å²) in [6, 6.07) is 12.9. The molecule has 3 aromatic rings. The van der Waals surface area contributed by atoms with Crippen molar-refractivity contribution < 1.29 is 4.79 Å². The van der Waals surface area contributed by atoms with E-state index in [0.29, 0.717) is 28.0 Å². The Kier molecular flexibility index (Phi) is 4.57. The molecule has 1 aromatic heterocycles. The van der Waals surface area contributed by atoms with Gasteiger partial charge in [-0.1, -0.05) is 35.9 Å². The first-order valence-corrected chi connectivity index (χ1v) is 7.88. The van der Waals surface area contributed by atoms with Crippen molar-refractivity contribution in [1.82, 2.24) is 15.0 Å². The zero-order chi connectivity index (χ0) is 17.1. The second-order valence-corrected chi connectivity index (χ2v) is 5.71. The molecular formula is C17H15ClN4O2. The fourth-order valence-electron chi connectivity index (χ4n) is 2.43. The van der Waals surface area contributed by atoms with Crippen LogP contribution in [0.25, 0.3) is 10.9 Å². The van der Waals surface area contributed by atoms with Gasteiger partial charge in [-0.25, -0.2) is 0 Å². The summed E-state index contributed by atoms with van der Waals surface area (Å²) in [5.74, 6) is -0.327. The van der Waals surface area contributed by atoms with Gasteiger partial charge in [0.05, 0.1) is 5.39 Å². The van der Waals surface area contributed by atoms with Crippen LogP contribution in [0.2, 0.25) is 5.02 Å². The van der Waals surface area contributed by atoms with Gasteiger partial charge in [0.15, 0.2) is 0 Å². The highest BCUT2D eigenvalue weighted by molar-refractivity contribution is 6.30. The quantitative estimate of drug-likeness (QED) is 0.790. The fourth-order valence-corrected chi connectivity index (χ4v) is 2.56. The monoisotopic (exact) mass is 342 g/mol. The number of nitrogens with one attached hydrogen (secondary N) is 1. The van der Waals surface area contributed by atoms with Gasteiger partial charge in [-0.05, 0) is 42.8 Å². The average Bonchev–Trinajstić information content (AvgIpc) is 2.60. The van der Waals surface area contributed by atoms with E-state index in [-0.39, 0.29) is 11.5 Å². The zero-order valence-electron chi connectivity index (χ0n) is 12.9. The van der Waals surface area contributed by atoms with Crippen LogP contribution in [-0.4, -0.2) is 20.9 Å². The van der Waals surface area contributed by atoms with Crippen molar-refractivity contribution in [3.05, 3.63) is 63.9 Å². The molecule has 1 N–H and O–H groups in total. The lowest BCUT2D eigenvalue weighted by molar-refractivity contribution is -0.119. The second-order valence-electron chi connectivity index (χ2n) is 5.28. The summed E-state index contributed by atoms with van der Waals surface area (Å²) in [6.45, 7) is 1.81. The third-order valence-corrected chi connectivity index (χ3v) is 3.94. The van der Waals surface area contributed by atoms with Crippen LogP contribution in [-0.2, 0) is 4.79 Å². The molecule has 0 radical (unpaired) electrons. The Morgan fingerprint density at radius 1 is 1.21 bits per heavy atom. The van der Waals surface area contributed by atoms with Crippen molar-refractivity contribution in [1.29, 1.82) is 0 Å². The highest BCUT2D eigenvalue weighted by Gasteiger charge is 2.22. The summed E-state index contributed by atoms with van der Waals surface area (Å²) in [6.07, 6.45) is 0.409. The standard InChI is InChI=1S/C17H15ClN4O2/c1-2-15(16(23)19-12-9-7-11(18)8-10-12)22-17(24)13-5-3-4-6-14(13)20-21-22/h3-10,15H,2H2,1H3,(H,19,23). The molecule has 1 heterocycles. The normalized spacial score (nSPS) is 12.1. The van der Waals surface area contributed by atoms with Gasteiger partial charge in [0.2, 0.25) is 5.91 Å². The molecule has 0 bridgehead atoms. The van der Waals surface area contributed by atoms with Gasteiger partial charge in [-0.3, -0.25) is 9.59 Å². The molecule has 2 aromatic carbocycles. The van der Waals surface area contributed by atoms with Crippen LogP contribution in [0.4, 0.5) is 5.69 Å². The average molecular weight is 343 g/mol. The van der Waals surface area contributed by atoms with Crippen molar-refractivity contribution in [2.45, 2.75) is 19.4 Å². The molecule has 0 saturated heterocycles. The first-order valence-electron chi connectivity index (χ1n) is 7.51. The van der Waals surface area contributed by atoms with E-state index < -0.39 is 6.04 Å². The van der Waals surface area contributed by atoms with Crippen LogP contribution >= 0.6 is 11.6 Å². The Bertz CT molecular complexity index is 937. The zero-order valence-corrected chi connectivity index (χ0v) is 13.7. The molecule has 0 spiro atoms. The Morgan fingerprint density at radius 2 is 1.92 bits per heavy atom. The number of anilines is 1. The second kappa shape index (κ2) is 6.80. The highest BCUT2D eigenvalue weighted by atomic mass is 35.5. The van der Waals surface area contributed by atoms with Crippen molar-refractivity contribution >= 4 is 34.1 Å². The number of aromatic nitrogens is 3. The number of rotatable bonds is 4. The lowest BCUT2D eigenvalue weighted by atomic mass is 10.2. The summed E-state index contributed by atoms with van der Waals surface area (Å²) in [5, 5.41) is 11.7. The predicted molar refractivity (Wildman–Crippen MR) is 93.2 cm³/mol. The Labute approximate surface area is 143 Å². The third kappa shape index (κ3) is 3.14. The van der Waals surface area contributed by atoms with Gasteiger partial charge in [0.1, 0.15) is 11.6 Å². The van der Waals surface area contributed by atoms with Gasteiger partial charge in [0.25, 0.3) is 5.56 Å². The molecule has 0 aliphatic rings. The highest BCUT2D eigenvalue weighted by Crippen LogP contribution is 2.16. The molecule has 1 atom stereocenters. The summed E-state index contributed by atoms with van der Waals surface area (Å²) in [7, 11) is 0. The third-order valence-electron chi connectivity index (χ3n) is 3.69. The number of nitrogens with zero attached hydrogens (tertiary/aromatic N) is 3. The number of fused-ring (bicyclic) bond motifs is 1. The molecule has 122 valence electrons. The largest absolute Gasteiger partial charge is 0.324 e. The maximum absolute atomic E-state index is 12.6. The minimum Gasteiger partial charge on any atom is -0.324 e. The van der Waals surface area contributed by atoms with E-state index in [1.807, 2.05) is 6.92 Å². The molecule has 0 fully saturated rings. The number of amides is 1. The molecule has 0 aliphatic carbocycles.